The van der Waals surface area contributed by atoms with Crippen molar-refractivity contribution in [2.45, 2.75) is 12.4 Å². The van der Waals surface area contributed by atoms with Crippen LogP contribution in [0.1, 0.15) is 11.4 Å². The predicted octanol–water partition coefficient (Wildman–Crippen LogP) is 1.42. The number of alkyl halides is 1. The zero-order valence-electron chi connectivity index (χ0n) is 7.24. The van der Waals surface area contributed by atoms with Crippen LogP contribution in [0, 0.1) is 0 Å². The summed E-state index contributed by atoms with van der Waals surface area (Å²) < 4.78 is 1.91. The number of nitrogens with one attached hydrogen (secondary N) is 1. The number of hydrogen-bond donors (Lipinski definition) is 1. The highest BCUT2D eigenvalue weighted by molar-refractivity contribution is 7.07. The molecule has 0 aromatic carbocycles. The highest BCUT2D eigenvalue weighted by atomic mass is 35.5. The molecule has 14 heavy (non-hydrogen) atoms. The minimum absolute atomic E-state index is 0.0347. The molecule has 2 aromatic heterocycles. The molecule has 1 N–H and O–H groups in total. The average molecular weight is 230 g/mol. The van der Waals surface area contributed by atoms with Crippen molar-refractivity contribution in [2.24, 2.45) is 0 Å². The molecule has 0 spiro atoms. The molecule has 0 unspecified atom stereocenters. The summed E-state index contributed by atoms with van der Waals surface area (Å²) in [5.41, 5.74) is 1.82. The van der Waals surface area contributed by atoms with Gasteiger partial charge in [-0.3, -0.25) is 4.79 Å². The van der Waals surface area contributed by atoms with Crippen LogP contribution in [0.3, 0.4) is 0 Å². The highest BCUT2D eigenvalue weighted by Gasteiger charge is 2.02. The van der Waals surface area contributed by atoms with Gasteiger partial charge in [0, 0.05) is 17.3 Å². The van der Waals surface area contributed by atoms with Gasteiger partial charge in [-0.2, -0.15) is 0 Å². The van der Waals surface area contributed by atoms with Crippen molar-refractivity contribution in [2.75, 3.05) is 0 Å². The van der Waals surface area contributed by atoms with Crippen molar-refractivity contribution < 1.29 is 0 Å². The molecule has 2 rings (SSSR count). The standard InChI is InChI=1S/C8H8ClN3OS/c9-1-7-2-10-5-12(7)3-6-4-14-8(13)11-6/h2,4-5H,1,3H2,(H,11,13). The van der Waals surface area contributed by atoms with Crippen molar-refractivity contribution in [3.05, 3.63) is 39.0 Å². The van der Waals surface area contributed by atoms with E-state index in [2.05, 4.69) is 9.97 Å². The Balaban J connectivity index is 2.22. The van der Waals surface area contributed by atoms with Crippen LogP contribution >= 0.6 is 22.9 Å². The first kappa shape index (κ1) is 9.48. The molecular weight excluding hydrogens is 222 g/mol. The second kappa shape index (κ2) is 3.98. The SMILES string of the molecule is O=c1[nH]c(Cn2cncc2CCl)cs1. The summed E-state index contributed by atoms with van der Waals surface area (Å²) in [6, 6.07) is 0. The van der Waals surface area contributed by atoms with Crippen LogP contribution in [0.15, 0.2) is 22.7 Å². The van der Waals surface area contributed by atoms with E-state index in [0.717, 1.165) is 22.7 Å². The molecule has 0 saturated heterocycles. The normalized spacial score (nSPS) is 10.6. The Hall–Kier alpha value is -1.07. The molecule has 0 atom stereocenters. The van der Waals surface area contributed by atoms with Gasteiger partial charge in [0.2, 0.25) is 0 Å². The van der Waals surface area contributed by atoms with E-state index in [0.29, 0.717) is 12.4 Å². The first-order chi connectivity index (χ1) is 6.79. The van der Waals surface area contributed by atoms with Crippen LogP contribution in [0.25, 0.3) is 0 Å². The fraction of sp³-hybridized carbons (Fsp3) is 0.250. The first-order valence-corrected chi connectivity index (χ1v) is 5.42. The van der Waals surface area contributed by atoms with E-state index >= 15 is 0 Å². The fourth-order valence-electron chi connectivity index (χ4n) is 1.18. The Bertz CT molecular complexity index is 473. The van der Waals surface area contributed by atoms with Crippen LogP contribution < -0.4 is 4.87 Å². The second-order valence-corrected chi connectivity index (χ2v) is 3.93. The van der Waals surface area contributed by atoms with Gasteiger partial charge >= 0.3 is 4.87 Å². The van der Waals surface area contributed by atoms with E-state index in [-0.39, 0.29) is 4.87 Å². The predicted molar refractivity (Wildman–Crippen MR) is 55.8 cm³/mol. The third kappa shape index (κ3) is 1.88. The number of nitrogens with zero attached hydrogens (tertiary/aromatic N) is 2. The van der Waals surface area contributed by atoms with Gasteiger partial charge in [0.15, 0.2) is 0 Å². The summed E-state index contributed by atoms with van der Waals surface area (Å²) in [7, 11) is 0. The lowest BCUT2D eigenvalue weighted by molar-refractivity contribution is 0.748. The van der Waals surface area contributed by atoms with Crippen LogP contribution in [-0.2, 0) is 12.4 Å². The number of imidazole rings is 1. The Kier molecular flexibility index (Phi) is 2.69. The molecule has 74 valence electrons. The molecule has 0 saturated carbocycles. The summed E-state index contributed by atoms with van der Waals surface area (Å²) in [6.45, 7) is 0.612. The molecule has 0 aliphatic heterocycles. The fourth-order valence-corrected chi connectivity index (χ4v) is 1.97. The van der Waals surface area contributed by atoms with E-state index in [9.17, 15) is 4.79 Å². The number of halogens is 1. The molecule has 0 aliphatic carbocycles. The summed E-state index contributed by atoms with van der Waals surface area (Å²) in [6.07, 6.45) is 3.42. The number of thiazole rings is 1. The van der Waals surface area contributed by atoms with Crippen LogP contribution in [0.5, 0.6) is 0 Å². The van der Waals surface area contributed by atoms with Gasteiger partial charge in [0.1, 0.15) is 0 Å². The van der Waals surface area contributed by atoms with Crippen molar-refractivity contribution >= 4 is 22.9 Å². The molecule has 0 amide bonds. The Labute approximate surface area is 89.2 Å². The van der Waals surface area contributed by atoms with E-state index in [1.165, 1.54) is 0 Å². The zero-order chi connectivity index (χ0) is 9.97. The summed E-state index contributed by atoms with van der Waals surface area (Å²) in [5.74, 6) is 0.425. The van der Waals surface area contributed by atoms with E-state index < -0.39 is 0 Å². The molecule has 6 heteroatoms. The molecule has 2 aromatic rings. The van der Waals surface area contributed by atoms with Crippen LogP contribution in [0.4, 0.5) is 0 Å². The Morgan fingerprint density at radius 1 is 1.64 bits per heavy atom. The van der Waals surface area contributed by atoms with Gasteiger partial charge in [-0.05, 0) is 0 Å². The summed E-state index contributed by atoms with van der Waals surface area (Å²) >= 11 is 6.88. The lowest BCUT2D eigenvalue weighted by Crippen LogP contribution is -2.04. The molecule has 0 aliphatic rings. The van der Waals surface area contributed by atoms with Crippen LogP contribution in [-0.4, -0.2) is 14.5 Å². The van der Waals surface area contributed by atoms with Gasteiger partial charge in [-0.15, -0.1) is 11.6 Å². The van der Waals surface area contributed by atoms with E-state index in [1.54, 1.807) is 17.9 Å². The number of aromatic amines is 1. The third-order valence-electron chi connectivity index (χ3n) is 1.85. The van der Waals surface area contributed by atoms with Crippen molar-refractivity contribution in [1.29, 1.82) is 0 Å². The number of H-pyrrole nitrogens is 1. The average Bonchev–Trinajstić information content (AvgIpc) is 2.76. The largest absolute Gasteiger partial charge is 0.327 e. The van der Waals surface area contributed by atoms with Gasteiger partial charge < -0.3 is 9.55 Å². The van der Waals surface area contributed by atoms with Crippen molar-refractivity contribution in [1.82, 2.24) is 14.5 Å². The topological polar surface area (TPSA) is 50.7 Å². The van der Waals surface area contributed by atoms with E-state index in [4.69, 9.17) is 11.6 Å². The van der Waals surface area contributed by atoms with Crippen LogP contribution in [0.2, 0.25) is 0 Å². The van der Waals surface area contributed by atoms with Gasteiger partial charge in [0.25, 0.3) is 0 Å². The summed E-state index contributed by atoms with van der Waals surface area (Å²) in [4.78, 5) is 17.6. The molecule has 0 bridgehead atoms. The molecule has 0 fully saturated rings. The number of hydrogen-bond acceptors (Lipinski definition) is 3. The molecule has 2 heterocycles. The highest BCUT2D eigenvalue weighted by Crippen LogP contribution is 2.06. The van der Waals surface area contributed by atoms with Crippen molar-refractivity contribution in [3.63, 3.8) is 0 Å². The lowest BCUT2D eigenvalue weighted by atomic mass is 10.4. The Morgan fingerprint density at radius 2 is 2.50 bits per heavy atom. The number of aromatic nitrogens is 3. The monoisotopic (exact) mass is 229 g/mol. The zero-order valence-corrected chi connectivity index (χ0v) is 8.81. The lowest BCUT2D eigenvalue weighted by Gasteiger charge is -2.02. The van der Waals surface area contributed by atoms with Gasteiger partial charge in [-0.1, -0.05) is 11.3 Å². The van der Waals surface area contributed by atoms with E-state index in [1.807, 2.05) is 4.57 Å². The quantitative estimate of drug-likeness (QED) is 0.810. The first-order valence-electron chi connectivity index (χ1n) is 4.01. The maximum absolute atomic E-state index is 10.9. The molecule has 4 nitrogen and oxygen atoms in total. The maximum atomic E-state index is 10.9. The minimum Gasteiger partial charge on any atom is -0.327 e. The van der Waals surface area contributed by atoms with Gasteiger partial charge in [0.05, 0.1) is 24.4 Å². The second-order valence-electron chi connectivity index (χ2n) is 2.82. The minimum atomic E-state index is -0.0347. The number of rotatable bonds is 3. The third-order valence-corrected chi connectivity index (χ3v) is 2.84. The smallest absolute Gasteiger partial charge is 0.304 e. The van der Waals surface area contributed by atoms with Crippen molar-refractivity contribution in [3.8, 4) is 0 Å². The molecular formula is C8H8ClN3OS. The molecule has 0 radical (unpaired) electrons. The van der Waals surface area contributed by atoms with Gasteiger partial charge in [-0.25, -0.2) is 4.98 Å². The Morgan fingerprint density at radius 3 is 3.14 bits per heavy atom. The summed E-state index contributed by atoms with van der Waals surface area (Å²) in [5, 5.41) is 1.81. The maximum Gasteiger partial charge on any atom is 0.304 e.